The minimum absolute atomic E-state index is 0.196. The van der Waals surface area contributed by atoms with E-state index in [9.17, 15) is 4.39 Å². The summed E-state index contributed by atoms with van der Waals surface area (Å²) in [7, 11) is 0. The van der Waals surface area contributed by atoms with Crippen LogP contribution in [0.5, 0.6) is 0 Å². The minimum Gasteiger partial charge on any atom is -0.322 e. The maximum absolute atomic E-state index is 12.9. The summed E-state index contributed by atoms with van der Waals surface area (Å²) in [6.07, 6.45) is 2.38. The van der Waals surface area contributed by atoms with Gasteiger partial charge in [0.2, 0.25) is 0 Å². The molecular formula is C17H16FN3. The summed E-state index contributed by atoms with van der Waals surface area (Å²) in [6.45, 7) is 0. The fraction of sp³-hybridized carbons (Fsp3) is 0.118. The van der Waals surface area contributed by atoms with Crippen LogP contribution >= 0.6 is 0 Å². The van der Waals surface area contributed by atoms with Gasteiger partial charge in [0.05, 0.1) is 17.4 Å². The highest BCUT2D eigenvalue weighted by molar-refractivity contribution is 5.33. The third-order valence-electron chi connectivity index (χ3n) is 3.42. The molecule has 21 heavy (non-hydrogen) atoms. The Kier molecular flexibility index (Phi) is 3.79. The van der Waals surface area contributed by atoms with Crippen LogP contribution < -0.4 is 5.73 Å². The molecule has 0 saturated carbocycles. The normalized spacial score (nSPS) is 12.3. The van der Waals surface area contributed by atoms with Crippen molar-refractivity contribution in [2.75, 3.05) is 0 Å². The average molecular weight is 281 g/mol. The first-order valence-corrected chi connectivity index (χ1v) is 6.83. The summed E-state index contributed by atoms with van der Waals surface area (Å²) in [5.41, 5.74) is 9.21. The Morgan fingerprint density at radius 2 is 1.71 bits per heavy atom. The minimum atomic E-state index is -0.235. The first-order chi connectivity index (χ1) is 10.2. The van der Waals surface area contributed by atoms with Crippen molar-refractivity contribution in [3.63, 3.8) is 0 Å². The summed E-state index contributed by atoms with van der Waals surface area (Å²) < 4.78 is 14.8. The van der Waals surface area contributed by atoms with Gasteiger partial charge in [0.1, 0.15) is 5.82 Å². The zero-order valence-corrected chi connectivity index (χ0v) is 11.5. The second-order valence-electron chi connectivity index (χ2n) is 4.94. The standard InChI is InChI=1S/C17H16FN3/c18-14-8-6-13(7-9-14)12-16(19)17-10-11-20-21(17)15-4-2-1-3-5-15/h1-11,16H,12,19H2. The van der Waals surface area contributed by atoms with Crippen molar-refractivity contribution >= 4 is 0 Å². The van der Waals surface area contributed by atoms with Crippen LogP contribution in [-0.4, -0.2) is 9.78 Å². The highest BCUT2D eigenvalue weighted by Crippen LogP contribution is 2.19. The number of para-hydroxylation sites is 1. The van der Waals surface area contributed by atoms with Gasteiger partial charge in [-0.2, -0.15) is 5.10 Å². The summed E-state index contributed by atoms with van der Waals surface area (Å²) >= 11 is 0. The van der Waals surface area contributed by atoms with Gasteiger partial charge in [-0.25, -0.2) is 9.07 Å². The Balaban J connectivity index is 1.84. The van der Waals surface area contributed by atoms with E-state index in [0.717, 1.165) is 16.9 Å². The van der Waals surface area contributed by atoms with E-state index in [2.05, 4.69) is 5.10 Å². The fourth-order valence-corrected chi connectivity index (χ4v) is 2.36. The predicted octanol–water partition coefficient (Wildman–Crippen LogP) is 3.25. The molecule has 0 amide bonds. The number of aromatic nitrogens is 2. The first-order valence-electron chi connectivity index (χ1n) is 6.83. The molecule has 3 nitrogen and oxygen atoms in total. The van der Waals surface area contributed by atoms with Gasteiger partial charge in [-0.3, -0.25) is 0 Å². The maximum Gasteiger partial charge on any atom is 0.123 e. The Labute approximate surface area is 122 Å². The van der Waals surface area contributed by atoms with Gasteiger partial charge in [-0.05, 0) is 42.3 Å². The average Bonchev–Trinajstić information content (AvgIpc) is 3.00. The third-order valence-corrected chi connectivity index (χ3v) is 3.42. The van der Waals surface area contributed by atoms with E-state index in [4.69, 9.17) is 5.73 Å². The van der Waals surface area contributed by atoms with E-state index in [0.29, 0.717) is 6.42 Å². The number of nitrogens with two attached hydrogens (primary N) is 1. The number of halogens is 1. The molecule has 106 valence electrons. The Morgan fingerprint density at radius 1 is 1.00 bits per heavy atom. The maximum atomic E-state index is 12.9. The summed E-state index contributed by atoms with van der Waals surface area (Å²) in [5.74, 6) is -0.235. The molecule has 1 atom stereocenters. The molecule has 2 N–H and O–H groups in total. The summed E-state index contributed by atoms with van der Waals surface area (Å²) in [4.78, 5) is 0. The topological polar surface area (TPSA) is 43.8 Å². The summed E-state index contributed by atoms with van der Waals surface area (Å²) in [5, 5.41) is 4.34. The van der Waals surface area contributed by atoms with Gasteiger partial charge < -0.3 is 5.73 Å². The first kappa shape index (κ1) is 13.5. The molecule has 2 aromatic carbocycles. The van der Waals surface area contributed by atoms with Crippen LogP contribution in [0.3, 0.4) is 0 Å². The van der Waals surface area contributed by atoms with Crippen LogP contribution in [-0.2, 0) is 6.42 Å². The monoisotopic (exact) mass is 281 g/mol. The van der Waals surface area contributed by atoms with Gasteiger partial charge >= 0.3 is 0 Å². The van der Waals surface area contributed by atoms with Gasteiger partial charge in [0, 0.05) is 6.20 Å². The molecule has 0 aliphatic heterocycles. The molecule has 0 saturated heterocycles. The van der Waals surface area contributed by atoms with Gasteiger partial charge in [-0.15, -0.1) is 0 Å². The van der Waals surface area contributed by atoms with Gasteiger partial charge in [0.15, 0.2) is 0 Å². The quantitative estimate of drug-likeness (QED) is 0.797. The Morgan fingerprint density at radius 3 is 2.43 bits per heavy atom. The molecule has 3 rings (SSSR count). The van der Waals surface area contributed by atoms with Crippen molar-refractivity contribution in [2.45, 2.75) is 12.5 Å². The van der Waals surface area contributed by atoms with Crippen molar-refractivity contribution in [2.24, 2.45) is 5.73 Å². The lowest BCUT2D eigenvalue weighted by Crippen LogP contribution is -2.17. The number of benzene rings is 2. The second-order valence-corrected chi connectivity index (χ2v) is 4.94. The third kappa shape index (κ3) is 3.01. The Bertz CT molecular complexity index is 704. The lowest BCUT2D eigenvalue weighted by Gasteiger charge is -2.14. The largest absolute Gasteiger partial charge is 0.322 e. The molecule has 0 radical (unpaired) electrons. The number of hydrogen-bond acceptors (Lipinski definition) is 2. The second kappa shape index (κ2) is 5.89. The van der Waals surface area contributed by atoms with Crippen LogP contribution in [0.25, 0.3) is 5.69 Å². The van der Waals surface area contributed by atoms with E-state index in [1.807, 2.05) is 41.1 Å². The SMILES string of the molecule is NC(Cc1ccc(F)cc1)c1ccnn1-c1ccccc1. The molecule has 0 aliphatic rings. The zero-order valence-electron chi connectivity index (χ0n) is 11.5. The lowest BCUT2D eigenvalue weighted by atomic mass is 10.0. The van der Waals surface area contributed by atoms with Gasteiger partial charge in [-0.1, -0.05) is 30.3 Å². The van der Waals surface area contributed by atoms with E-state index in [1.165, 1.54) is 12.1 Å². The van der Waals surface area contributed by atoms with Crippen LogP contribution in [0.4, 0.5) is 4.39 Å². The van der Waals surface area contributed by atoms with Crippen LogP contribution in [0.1, 0.15) is 17.3 Å². The molecule has 1 aromatic heterocycles. The smallest absolute Gasteiger partial charge is 0.123 e. The number of rotatable bonds is 4. The molecule has 0 aliphatic carbocycles. The van der Waals surface area contributed by atoms with Gasteiger partial charge in [0.25, 0.3) is 0 Å². The Hall–Kier alpha value is -2.46. The predicted molar refractivity (Wildman–Crippen MR) is 80.6 cm³/mol. The van der Waals surface area contributed by atoms with Crippen molar-refractivity contribution in [3.8, 4) is 5.69 Å². The number of hydrogen-bond donors (Lipinski definition) is 1. The number of nitrogens with zero attached hydrogens (tertiary/aromatic N) is 2. The molecule has 3 aromatic rings. The van der Waals surface area contributed by atoms with Crippen LogP contribution in [0, 0.1) is 5.82 Å². The van der Waals surface area contributed by atoms with Crippen molar-refractivity contribution in [3.05, 3.63) is 83.9 Å². The molecule has 4 heteroatoms. The van der Waals surface area contributed by atoms with Crippen molar-refractivity contribution in [1.29, 1.82) is 0 Å². The molecule has 0 spiro atoms. The molecule has 1 unspecified atom stereocenters. The molecular weight excluding hydrogens is 265 g/mol. The molecule has 1 heterocycles. The zero-order chi connectivity index (χ0) is 14.7. The van der Waals surface area contributed by atoms with Crippen molar-refractivity contribution < 1.29 is 4.39 Å². The molecule has 0 fully saturated rings. The lowest BCUT2D eigenvalue weighted by molar-refractivity contribution is 0.623. The van der Waals surface area contributed by atoms with E-state index < -0.39 is 0 Å². The van der Waals surface area contributed by atoms with Crippen LogP contribution in [0.15, 0.2) is 66.9 Å². The van der Waals surface area contributed by atoms with E-state index >= 15 is 0 Å². The highest BCUT2D eigenvalue weighted by atomic mass is 19.1. The highest BCUT2D eigenvalue weighted by Gasteiger charge is 2.13. The summed E-state index contributed by atoms with van der Waals surface area (Å²) in [6, 6.07) is 18.0. The van der Waals surface area contributed by atoms with Crippen molar-refractivity contribution in [1.82, 2.24) is 9.78 Å². The molecule has 0 bridgehead atoms. The fourth-order valence-electron chi connectivity index (χ4n) is 2.36. The van der Waals surface area contributed by atoms with E-state index in [1.54, 1.807) is 18.3 Å². The van der Waals surface area contributed by atoms with E-state index in [-0.39, 0.29) is 11.9 Å². The van der Waals surface area contributed by atoms with Crippen LogP contribution in [0.2, 0.25) is 0 Å².